The van der Waals surface area contributed by atoms with Crippen LogP contribution in [0.5, 0.6) is 0 Å². The van der Waals surface area contributed by atoms with Crippen molar-refractivity contribution in [3.63, 3.8) is 0 Å². The Kier molecular flexibility index (Phi) is 3.72. The number of para-hydroxylation sites is 1. The molecule has 5 aromatic rings. The van der Waals surface area contributed by atoms with Crippen molar-refractivity contribution in [3.05, 3.63) is 89.7 Å². The summed E-state index contributed by atoms with van der Waals surface area (Å²) in [5.74, 6) is 0. The van der Waals surface area contributed by atoms with Gasteiger partial charge in [-0.2, -0.15) is 4.57 Å². The molecule has 0 radical (unpaired) electrons. The lowest BCUT2D eigenvalue weighted by Gasteiger charge is -2.05. The Morgan fingerprint density at radius 2 is 1.50 bits per heavy atom. The summed E-state index contributed by atoms with van der Waals surface area (Å²) in [6.07, 6.45) is 0. The van der Waals surface area contributed by atoms with Gasteiger partial charge in [0.05, 0.1) is 10.8 Å². The fraction of sp³-hybridized carbons (Fsp3) is 0.125. The Bertz CT molecular complexity index is 1320. The number of pyridine rings is 1. The molecule has 2 aromatic carbocycles. The number of hydrogen-bond acceptors (Lipinski definition) is 2. The van der Waals surface area contributed by atoms with Crippen LogP contribution in [0, 0.1) is 20.8 Å². The van der Waals surface area contributed by atoms with E-state index in [-0.39, 0.29) is 0 Å². The molecule has 0 saturated heterocycles. The van der Waals surface area contributed by atoms with Gasteiger partial charge in [-0.3, -0.25) is 0 Å². The molecule has 28 heavy (non-hydrogen) atoms. The highest BCUT2D eigenvalue weighted by molar-refractivity contribution is 5.92. The van der Waals surface area contributed by atoms with Gasteiger partial charge >= 0.3 is 5.65 Å². The van der Waals surface area contributed by atoms with Crippen LogP contribution in [0.1, 0.15) is 17.0 Å². The fourth-order valence-corrected chi connectivity index (χ4v) is 3.97. The Labute approximate surface area is 163 Å². The van der Waals surface area contributed by atoms with Gasteiger partial charge in [0, 0.05) is 11.3 Å². The molecule has 0 N–H and O–H groups in total. The highest BCUT2D eigenvalue weighted by atomic mass is 15.3. The lowest BCUT2D eigenvalue weighted by molar-refractivity contribution is -0.576. The lowest BCUT2D eigenvalue weighted by Crippen LogP contribution is -2.35. The maximum atomic E-state index is 5.05. The van der Waals surface area contributed by atoms with E-state index < -0.39 is 0 Å². The highest BCUT2D eigenvalue weighted by Gasteiger charge is 2.25. The lowest BCUT2D eigenvalue weighted by atomic mass is 10.1. The molecule has 5 rings (SSSR count). The molecule has 0 bridgehead atoms. The fourth-order valence-electron chi connectivity index (χ4n) is 3.97. The van der Waals surface area contributed by atoms with E-state index in [1.807, 2.05) is 23.6 Å². The van der Waals surface area contributed by atoms with E-state index in [1.54, 1.807) is 0 Å². The monoisotopic (exact) mass is 365 g/mol. The van der Waals surface area contributed by atoms with Crippen molar-refractivity contribution >= 4 is 16.7 Å². The molecule has 0 unspecified atom stereocenters. The second-order valence-electron chi connectivity index (χ2n) is 7.22. The predicted molar refractivity (Wildman–Crippen MR) is 112 cm³/mol. The van der Waals surface area contributed by atoms with E-state index in [4.69, 9.17) is 10.1 Å². The van der Waals surface area contributed by atoms with Crippen LogP contribution >= 0.6 is 0 Å². The zero-order valence-corrected chi connectivity index (χ0v) is 16.2. The van der Waals surface area contributed by atoms with Crippen molar-refractivity contribution in [2.24, 2.45) is 0 Å². The quantitative estimate of drug-likeness (QED) is 0.423. The second kappa shape index (κ2) is 6.27. The molecule has 4 nitrogen and oxygen atoms in total. The first kappa shape index (κ1) is 16.6. The maximum absolute atomic E-state index is 5.05. The normalized spacial score (nSPS) is 11.4. The predicted octanol–water partition coefficient (Wildman–Crippen LogP) is 4.75. The molecule has 3 aromatic heterocycles. The van der Waals surface area contributed by atoms with Gasteiger partial charge in [0.25, 0.3) is 0 Å². The van der Waals surface area contributed by atoms with Crippen LogP contribution in [0.2, 0.25) is 0 Å². The first-order chi connectivity index (χ1) is 13.6. The molecule has 0 aliphatic heterocycles. The Balaban J connectivity index is 1.95. The topological polar surface area (TPSA) is 34.1 Å². The van der Waals surface area contributed by atoms with Crippen molar-refractivity contribution in [2.75, 3.05) is 0 Å². The van der Waals surface area contributed by atoms with Crippen molar-refractivity contribution < 1.29 is 4.57 Å². The average molecular weight is 365 g/mol. The average Bonchev–Trinajstić information content (AvgIpc) is 3.08. The summed E-state index contributed by atoms with van der Waals surface area (Å²) in [4.78, 5) is 4.86. The highest BCUT2D eigenvalue weighted by Crippen LogP contribution is 2.27. The van der Waals surface area contributed by atoms with Crippen LogP contribution in [0.15, 0.2) is 72.8 Å². The summed E-state index contributed by atoms with van der Waals surface area (Å²) in [6, 6.07) is 25.1. The number of aryl methyl sites for hydroxylation is 3. The zero-order chi connectivity index (χ0) is 19.3. The number of aromatic nitrogens is 4. The van der Waals surface area contributed by atoms with E-state index in [2.05, 4.69) is 79.1 Å². The summed E-state index contributed by atoms with van der Waals surface area (Å²) in [5, 5.41) is 6.14. The van der Waals surface area contributed by atoms with E-state index in [1.165, 1.54) is 5.56 Å². The van der Waals surface area contributed by atoms with Gasteiger partial charge in [-0.1, -0.05) is 48.5 Å². The van der Waals surface area contributed by atoms with Crippen molar-refractivity contribution in [1.29, 1.82) is 0 Å². The summed E-state index contributed by atoms with van der Waals surface area (Å²) < 4.78 is 4.19. The molecular weight excluding hydrogens is 344 g/mol. The van der Waals surface area contributed by atoms with E-state index in [0.29, 0.717) is 0 Å². The standard InChI is InChI=1S/C24H21N4/c1-16-14-18(3)27(20-12-8-5-9-13-20)24-22(16)23-25-17(2)15-21(28(23)26-24)19-10-6-4-7-11-19/h4-15H,1-3H3/q+1. The minimum Gasteiger partial charge on any atom is -0.231 e. The van der Waals surface area contributed by atoms with Gasteiger partial charge in [0.15, 0.2) is 5.65 Å². The van der Waals surface area contributed by atoms with Gasteiger partial charge < -0.3 is 0 Å². The maximum Gasteiger partial charge on any atom is 0.365 e. The molecule has 136 valence electrons. The Hall–Kier alpha value is -3.53. The molecule has 4 heteroatoms. The molecular formula is C24H21N4+. The minimum absolute atomic E-state index is 0.899. The van der Waals surface area contributed by atoms with Crippen LogP contribution in [0.4, 0.5) is 0 Å². The molecule has 0 spiro atoms. The molecule has 0 aliphatic carbocycles. The summed E-state index contributed by atoms with van der Waals surface area (Å²) in [7, 11) is 0. The first-order valence-corrected chi connectivity index (χ1v) is 9.46. The van der Waals surface area contributed by atoms with E-state index in [0.717, 1.165) is 45.0 Å². The van der Waals surface area contributed by atoms with Crippen molar-refractivity contribution in [3.8, 4) is 16.9 Å². The number of benzene rings is 2. The molecule has 0 aliphatic rings. The van der Waals surface area contributed by atoms with Crippen molar-refractivity contribution in [2.45, 2.75) is 20.8 Å². The molecule has 0 fully saturated rings. The SMILES string of the molecule is Cc1cc(-c2ccccc2)n2nc3c(c(C)cc(C)[n+]3-c3ccccc3)c2n1. The zero-order valence-electron chi connectivity index (χ0n) is 16.2. The summed E-state index contributed by atoms with van der Waals surface area (Å²) in [6.45, 7) is 6.30. The van der Waals surface area contributed by atoms with Crippen molar-refractivity contribution in [1.82, 2.24) is 14.6 Å². The van der Waals surface area contributed by atoms with Crippen LogP contribution in [0.3, 0.4) is 0 Å². The summed E-state index contributed by atoms with van der Waals surface area (Å²) >= 11 is 0. The van der Waals surface area contributed by atoms with Gasteiger partial charge in [0.1, 0.15) is 16.8 Å². The Morgan fingerprint density at radius 1 is 0.821 bits per heavy atom. The van der Waals surface area contributed by atoms with Crippen LogP contribution in [0.25, 0.3) is 33.6 Å². The number of fused-ring (bicyclic) bond motifs is 3. The molecule has 0 amide bonds. The van der Waals surface area contributed by atoms with Crippen LogP contribution < -0.4 is 4.57 Å². The third-order valence-corrected chi connectivity index (χ3v) is 5.17. The summed E-state index contributed by atoms with van der Waals surface area (Å²) in [5.41, 5.74) is 8.44. The number of rotatable bonds is 2. The minimum atomic E-state index is 0.899. The molecule has 3 heterocycles. The van der Waals surface area contributed by atoms with E-state index >= 15 is 0 Å². The van der Waals surface area contributed by atoms with Gasteiger partial charge in [0.2, 0.25) is 0 Å². The van der Waals surface area contributed by atoms with Gasteiger partial charge in [-0.15, -0.1) is 4.52 Å². The smallest absolute Gasteiger partial charge is 0.231 e. The molecule has 0 atom stereocenters. The third-order valence-electron chi connectivity index (χ3n) is 5.17. The first-order valence-electron chi connectivity index (χ1n) is 9.46. The van der Waals surface area contributed by atoms with Gasteiger partial charge in [-0.05, 0) is 50.6 Å². The third kappa shape index (κ3) is 2.49. The van der Waals surface area contributed by atoms with Crippen LogP contribution in [-0.4, -0.2) is 14.6 Å². The Morgan fingerprint density at radius 3 is 2.21 bits per heavy atom. The number of hydrogen-bond donors (Lipinski definition) is 0. The number of nitrogens with zero attached hydrogens (tertiary/aromatic N) is 4. The second-order valence-corrected chi connectivity index (χ2v) is 7.22. The largest absolute Gasteiger partial charge is 0.365 e. The van der Waals surface area contributed by atoms with Gasteiger partial charge in [-0.25, -0.2) is 4.98 Å². The van der Waals surface area contributed by atoms with E-state index in [9.17, 15) is 0 Å². The van der Waals surface area contributed by atoms with Crippen LogP contribution in [-0.2, 0) is 0 Å². The molecule has 0 saturated carbocycles.